The van der Waals surface area contributed by atoms with Crippen molar-refractivity contribution >= 4 is 23.3 Å². The van der Waals surface area contributed by atoms with Gasteiger partial charge in [-0.05, 0) is 41.7 Å². The molecular weight excluding hydrogens is 276 g/mol. The Morgan fingerprint density at radius 3 is 1.90 bits per heavy atom. The summed E-state index contributed by atoms with van der Waals surface area (Å²) in [6.07, 6.45) is 0. The second kappa shape index (κ2) is 6.39. The van der Waals surface area contributed by atoms with Gasteiger partial charge in [-0.2, -0.15) is 11.3 Å². The molecule has 0 aliphatic carbocycles. The molecule has 0 atom stereocenters. The molecule has 4 nitrogen and oxygen atoms in total. The Kier molecular flexibility index (Phi) is 5.34. The van der Waals surface area contributed by atoms with E-state index in [4.69, 9.17) is 9.47 Å². The Hall–Kier alpha value is -1.36. The Bertz CT molecular complexity index is 439. The highest BCUT2D eigenvalue weighted by Gasteiger charge is 2.59. The highest BCUT2D eigenvalue weighted by atomic mass is 32.1. The number of hydrogen-bond acceptors (Lipinski definition) is 5. The van der Waals surface area contributed by atoms with E-state index in [-0.39, 0.29) is 13.2 Å². The number of thiophene rings is 1. The summed E-state index contributed by atoms with van der Waals surface area (Å²) in [5.41, 5.74) is -1.46. The predicted molar refractivity (Wildman–Crippen MR) is 78.7 cm³/mol. The van der Waals surface area contributed by atoms with Crippen LogP contribution < -0.4 is 0 Å². The van der Waals surface area contributed by atoms with E-state index in [9.17, 15) is 9.59 Å². The first-order valence-electron chi connectivity index (χ1n) is 6.69. The zero-order valence-corrected chi connectivity index (χ0v) is 13.5. The van der Waals surface area contributed by atoms with Gasteiger partial charge in [0, 0.05) is 0 Å². The van der Waals surface area contributed by atoms with Crippen LogP contribution >= 0.6 is 11.3 Å². The van der Waals surface area contributed by atoms with Crippen LogP contribution in [0, 0.1) is 5.41 Å². The van der Waals surface area contributed by atoms with Crippen molar-refractivity contribution in [2.75, 3.05) is 13.2 Å². The number of esters is 2. The zero-order chi connectivity index (χ0) is 15.4. The van der Waals surface area contributed by atoms with Gasteiger partial charge in [-0.15, -0.1) is 0 Å². The normalized spacial score (nSPS) is 12.1. The smallest absolute Gasteiger partial charge is 0.328 e. The van der Waals surface area contributed by atoms with Crippen LogP contribution in [0.3, 0.4) is 0 Å². The van der Waals surface area contributed by atoms with Crippen molar-refractivity contribution in [1.82, 2.24) is 0 Å². The van der Waals surface area contributed by atoms with E-state index in [0.29, 0.717) is 5.56 Å². The Balaban J connectivity index is 3.49. The Morgan fingerprint density at radius 1 is 1.10 bits per heavy atom. The molecule has 1 heterocycles. The maximum absolute atomic E-state index is 12.6. The lowest BCUT2D eigenvalue weighted by Gasteiger charge is -2.39. The van der Waals surface area contributed by atoms with Crippen LogP contribution in [-0.2, 0) is 24.5 Å². The van der Waals surface area contributed by atoms with Crippen molar-refractivity contribution in [2.24, 2.45) is 5.41 Å². The van der Waals surface area contributed by atoms with Crippen molar-refractivity contribution in [3.05, 3.63) is 22.4 Å². The van der Waals surface area contributed by atoms with Gasteiger partial charge in [-0.25, -0.2) is 0 Å². The molecule has 0 saturated carbocycles. The molecule has 5 heteroatoms. The van der Waals surface area contributed by atoms with E-state index >= 15 is 0 Å². The largest absolute Gasteiger partial charge is 0.465 e. The molecular formula is C15H22O4S. The fraction of sp³-hybridized carbons (Fsp3) is 0.600. The molecule has 0 aliphatic rings. The van der Waals surface area contributed by atoms with Crippen LogP contribution in [0.15, 0.2) is 16.8 Å². The van der Waals surface area contributed by atoms with Gasteiger partial charge in [0.1, 0.15) is 0 Å². The average molecular weight is 298 g/mol. The lowest BCUT2D eigenvalue weighted by molar-refractivity contribution is -0.171. The first kappa shape index (κ1) is 16.7. The number of carbonyl (C=O) groups is 2. The first-order chi connectivity index (χ1) is 9.32. The molecule has 0 spiro atoms. The molecule has 0 N–H and O–H groups in total. The van der Waals surface area contributed by atoms with Crippen LogP contribution in [0.4, 0.5) is 0 Å². The number of carbonyl (C=O) groups excluding carboxylic acids is 2. The maximum Gasteiger partial charge on any atom is 0.328 e. The van der Waals surface area contributed by atoms with Crippen molar-refractivity contribution in [3.8, 4) is 0 Å². The van der Waals surface area contributed by atoms with E-state index in [2.05, 4.69) is 0 Å². The van der Waals surface area contributed by atoms with Gasteiger partial charge in [0.05, 0.1) is 13.2 Å². The highest BCUT2D eigenvalue weighted by Crippen LogP contribution is 2.44. The van der Waals surface area contributed by atoms with Gasteiger partial charge in [-0.1, -0.05) is 20.8 Å². The third-order valence-electron chi connectivity index (χ3n) is 3.24. The molecule has 0 amide bonds. The first-order valence-corrected chi connectivity index (χ1v) is 7.63. The monoisotopic (exact) mass is 298 g/mol. The third-order valence-corrected chi connectivity index (χ3v) is 3.93. The van der Waals surface area contributed by atoms with Crippen molar-refractivity contribution in [2.45, 2.75) is 40.0 Å². The summed E-state index contributed by atoms with van der Waals surface area (Å²) >= 11 is 1.44. The molecule has 0 unspecified atom stereocenters. The van der Waals surface area contributed by atoms with Crippen molar-refractivity contribution in [3.63, 3.8) is 0 Å². The molecule has 0 aromatic carbocycles. The topological polar surface area (TPSA) is 52.6 Å². The molecule has 20 heavy (non-hydrogen) atoms. The van der Waals surface area contributed by atoms with Crippen LogP contribution in [0.25, 0.3) is 0 Å². The lowest BCUT2D eigenvalue weighted by Crippen LogP contribution is -2.55. The number of rotatable bonds is 5. The summed E-state index contributed by atoms with van der Waals surface area (Å²) in [4.78, 5) is 25.2. The van der Waals surface area contributed by atoms with Crippen LogP contribution in [0.5, 0.6) is 0 Å². The highest BCUT2D eigenvalue weighted by molar-refractivity contribution is 7.08. The summed E-state index contributed by atoms with van der Waals surface area (Å²) in [6, 6.07) is 1.78. The quantitative estimate of drug-likeness (QED) is 0.619. The number of ether oxygens (including phenoxy) is 2. The molecule has 0 fully saturated rings. The van der Waals surface area contributed by atoms with Crippen LogP contribution in [-0.4, -0.2) is 25.2 Å². The zero-order valence-electron chi connectivity index (χ0n) is 12.7. The van der Waals surface area contributed by atoms with E-state index < -0.39 is 22.8 Å². The molecule has 1 aromatic heterocycles. The summed E-state index contributed by atoms with van der Waals surface area (Å²) in [5.74, 6) is -1.10. The summed E-state index contributed by atoms with van der Waals surface area (Å²) < 4.78 is 10.4. The second-order valence-electron chi connectivity index (χ2n) is 5.45. The van der Waals surface area contributed by atoms with Gasteiger partial charge >= 0.3 is 11.9 Å². The fourth-order valence-corrected chi connectivity index (χ4v) is 3.03. The van der Waals surface area contributed by atoms with Crippen molar-refractivity contribution < 1.29 is 19.1 Å². The van der Waals surface area contributed by atoms with Crippen LogP contribution in [0.1, 0.15) is 40.2 Å². The van der Waals surface area contributed by atoms with E-state index in [1.807, 2.05) is 26.2 Å². The average Bonchev–Trinajstić information content (AvgIpc) is 2.82. The molecule has 0 bridgehead atoms. The Labute approximate surface area is 124 Å². The van der Waals surface area contributed by atoms with E-state index in [1.165, 1.54) is 11.3 Å². The summed E-state index contributed by atoms with van der Waals surface area (Å²) in [7, 11) is 0. The van der Waals surface area contributed by atoms with E-state index in [1.54, 1.807) is 25.3 Å². The fourth-order valence-electron chi connectivity index (χ4n) is 2.32. The maximum atomic E-state index is 12.6. The minimum atomic E-state index is -1.43. The Morgan fingerprint density at radius 2 is 1.60 bits per heavy atom. The van der Waals surface area contributed by atoms with E-state index in [0.717, 1.165) is 0 Å². The number of hydrogen-bond donors (Lipinski definition) is 0. The predicted octanol–water partition coefficient (Wildman–Crippen LogP) is 3.16. The van der Waals surface area contributed by atoms with Crippen molar-refractivity contribution in [1.29, 1.82) is 0 Å². The van der Waals surface area contributed by atoms with Gasteiger partial charge in [-0.3, -0.25) is 9.59 Å². The minimum absolute atomic E-state index is 0.222. The molecule has 0 aliphatic heterocycles. The van der Waals surface area contributed by atoms with Gasteiger partial charge in [0.25, 0.3) is 0 Å². The van der Waals surface area contributed by atoms with Gasteiger partial charge in [0.15, 0.2) is 5.41 Å². The third kappa shape index (κ3) is 2.73. The van der Waals surface area contributed by atoms with Crippen LogP contribution in [0.2, 0.25) is 0 Å². The van der Waals surface area contributed by atoms with Gasteiger partial charge in [0.2, 0.25) is 0 Å². The molecule has 0 saturated heterocycles. The summed E-state index contributed by atoms with van der Waals surface area (Å²) in [6.45, 7) is 9.43. The molecule has 1 rings (SSSR count). The minimum Gasteiger partial charge on any atom is -0.465 e. The van der Waals surface area contributed by atoms with Gasteiger partial charge < -0.3 is 9.47 Å². The molecule has 112 valence electrons. The lowest BCUT2D eigenvalue weighted by atomic mass is 9.63. The summed E-state index contributed by atoms with van der Waals surface area (Å²) in [5, 5.41) is 3.65. The molecule has 0 radical (unpaired) electrons. The second-order valence-corrected chi connectivity index (χ2v) is 6.23. The molecule has 1 aromatic rings. The standard InChI is InChI=1S/C15H22O4S/c1-6-18-12(16)15(14(3,4)5,13(17)19-7-2)11-8-9-20-10-11/h8-10H,6-7H2,1-5H3. The SMILES string of the molecule is CCOC(=O)C(C(=O)OCC)(c1ccsc1)C(C)(C)C.